The van der Waals surface area contributed by atoms with E-state index in [4.69, 9.17) is 14.2 Å². The Balaban J connectivity index is 0.000000177. The minimum atomic E-state index is 0.0575. The Labute approximate surface area is 894 Å². The van der Waals surface area contributed by atoms with Crippen LogP contribution >= 0.6 is 11.8 Å². The van der Waals surface area contributed by atoms with E-state index in [1.807, 2.05) is 37.0 Å². The van der Waals surface area contributed by atoms with Crippen molar-refractivity contribution in [3.05, 3.63) is 30.4 Å². The van der Waals surface area contributed by atoms with Crippen LogP contribution in [0.2, 0.25) is 0 Å². The van der Waals surface area contributed by atoms with E-state index < -0.39 is 0 Å². The lowest BCUT2D eigenvalue weighted by Crippen LogP contribution is -2.59. The van der Waals surface area contributed by atoms with Crippen LogP contribution in [0.5, 0.6) is 0 Å². The summed E-state index contributed by atoms with van der Waals surface area (Å²) in [6, 6.07) is 4.67. The highest BCUT2D eigenvalue weighted by Crippen LogP contribution is 2.33. The Kier molecular flexibility index (Phi) is 50.4. The second-order valence-corrected chi connectivity index (χ2v) is 53.2. The first-order valence-corrected chi connectivity index (χ1v) is 59.1. The maximum absolute atomic E-state index is 12.4. The van der Waals surface area contributed by atoms with E-state index in [-0.39, 0.29) is 63.4 Å². The van der Waals surface area contributed by atoms with Crippen LogP contribution in [0.3, 0.4) is 0 Å². The molecule has 32 heteroatoms. The summed E-state index contributed by atoms with van der Waals surface area (Å²) < 4.78 is 18.8. The lowest BCUT2D eigenvalue weighted by atomic mass is 9.91. The fraction of sp³-hybridized carbons (Fsp3) is 0.878. The van der Waals surface area contributed by atoms with Gasteiger partial charge in [-0.15, -0.1) is 0 Å². The van der Waals surface area contributed by atoms with Crippen LogP contribution in [0.15, 0.2) is 24.7 Å². The lowest BCUT2D eigenvalue weighted by Gasteiger charge is -2.46. The van der Waals surface area contributed by atoms with Crippen molar-refractivity contribution >= 4 is 64.9 Å². The van der Waals surface area contributed by atoms with Gasteiger partial charge in [-0.25, -0.2) is 4.98 Å². The summed E-state index contributed by atoms with van der Waals surface area (Å²) in [6.45, 7) is 77.5. The topological polar surface area (TPSA) is 254 Å². The fourth-order valence-electron chi connectivity index (χ4n) is 22.8. The number of likely N-dealkylation sites (N-methyl/N-ethyl adjacent to an activating group) is 1. The normalized spacial score (nSPS) is 22.5. The molecule has 16 heterocycles. The van der Waals surface area contributed by atoms with E-state index in [0.29, 0.717) is 123 Å². The van der Waals surface area contributed by atoms with Crippen molar-refractivity contribution in [1.29, 1.82) is 0 Å². The largest absolute Gasteiger partial charge is 0.381 e. The number of imidazole rings is 1. The number of piperidine rings is 5. The molecule has 840 valence electrons. The third-order valence-electron chi connectivity index (χ3n) is 32.1. The SMILES string of the molecule is CC(C)(C)CC(=O)N1CC=CCC1.CC(C)(C)CC(=O)N1CCC(N2CCN(C3CCOCC3)CC2)CC1.CC(C)(C)CC(=O)N1CCC(N2CCN(C3COC3)CC2)CC1.CC(C)(C)CC(=O)N1CCN(C2CCSCC2)CC1.CC(C)CC(=O)N1CCC(N2CCn3cncc3C2)CC1.CC(C)CC(=O)N1CCC(OCC(=O)N2CCN(C)CC2)CC1.CN(CCC(=O)N1CCC1)C1CCN(C(=O)CC(C)(C)C)CC1. The van der Waals surface area contributed by atoms with Gasteiger partial charge < -0.3 is 72.7 Å². The van der Waals surface area contributed by atoms with Gasteiger partial charge >= 0.3 is 0 Å². The average molecular weight is 2080 g/mol. The molecule has 16 rings (SSSR count). The zero-order chi connectivity index (χ0) is 107. The molecular weight excluding hydrogens is 1870 g/mol. The van der Waals surface area contributed by atoms with Gasteiger partial charge in [0.25, 0.3) is 0 Å². The summed E-state index contributed by atoms with van der Waals surface area (Å²) in [5.74, 6) is 6.04. The van der Waals surface area contributed by atoms with Crippen LogP contribution in [0, 0.1) is 38.9 Å². The van der Waals surface area contributed by atoms with E-state index in [2.05, 4.69) is 238 Å². The predicted molar refractivity (Wildman–Crippen MR) is 592 cm³/mol. The van der Waals surface area contributed by atoms with Crippen LogP contribution in [0.1, 0.15) is 291 Å². The summed E-state index contributed by atoms with van der Waals surface area (Å²) in [5, 5.41) is 0. The maximum atomic E-state index is 12.4. The molecule has 31 nitrogen and oxygen atoms in total. The van der Waals surface area contributed by atoms with E-state index in [0.717, 1.165) is 286 Å². The van der Waals surface area contributed by atoms with Crippen LogP contribution in [0.4, 0.5) is 0 Å². The number of carbonyl (C=O) groups excluding carboxylic acids is 9. The molecule has 147 heavy (non-hydrogen) atoms. The zero-order valence-corrected chi connectivity index (χ0v) is 97.2. The van der Waals surface area contributed by atoms with Gasteiger partial charge in [0.1, 0.15) is 6.61 Å². The Morgan fingerprint density at radius 2 is 0.714 bits per heavy atom. The lowest BCUT2D eigenvalue weighted by molar-refractivity contribution is -0.143. The smallest absolute Gasteiger partial charge is 0.248 e. The van der Waals surface area contributed by atoms with Crippen molar-refractivity contribution in [2.75, 3.05) is 268 Å². The summed E-state index contributed by atoms with van der Waals surface area (Å²) in [5.41, 5.74) is 1.78. The van der Waals surface area contributed by atoms with Gasteiger partial charge in [-0.05, 0) is 167 Å². The van der Waals surface area contributed by atoms with Gasteiger partial charge in [0, 0.05) is 330 Å². The molecule has 0 aromatic carbocycles. The first kappa shape index (κ1) is 123. The van der Waals surface area contributed by atoms with Crippen molar-refractivity contribution in [2.45, 2.75) is 347 Å². The molecule has 13 fully saturated rings. The molecular formula is C115H207N19O12S. The number of aromatic nitrogens is 2. The molecule has 0 N–H and O–H groups in total. The number of likely N-dealkylation sites (tertiary alicyclic amines) is 6. The van der Waals surface area contributed by atoms with Gasteiger partial charge in [0.2, 0.25) is 53.2 Å². The molecule has 0 atom stereocenters. The highest BCUT2D eigenvalue weighted by molar-refractivity contribution is 7.99. The van der Waals surface area contributed by atoms with Crippen LogP contribution < -0.4 is 0 Å². The second kappa shape index (κ2) is 60.3. The quantitative estimate of drug-likeness (QED) is 0.0978. The first-order valence-electron chi connectivity index (χ1n) is 58.0. The molecule has 13 saturated heterocycles. The van der Waals surface area contributed by atoms with Gasteiger partial charge in [-0.1, -0.05) is 144 Å². The Morgan fingerprint density at radius 3 is 1.10 bits per heavy atom. The summed E-state index contributed by atoms with van der Waals surface area (Å²) in [4.78, 5) is 152. The van der Waals surface area contributed by atoms with E-state index >= 15 is 0 Å². The van der Waals surface area contributed by atoms with Crippen molar-refractivity contribution in [3.63, 3.8) is 0 Å². The van der Waals surface area contributed by atoms with Crippen molar-refractivity contribution in [2.24, 2.45) is 38.9 Å². The molecule has 0 saturated carbocycles. The predicted octanol–water partition coefficient (Wildman–Crippen LogP) is 12.8. The third kappa shape index (κ3) is 44.1. The molecule has 1 aromatic heterocycles. The Morgan fingerprint density at radius 1 is 0.367 bits per heavy atom. The molecule has 15 aliphatic rings. The number of piperazine rings is 4. The summed E-state index contributed by atoms with van der Waals surface area (Å²) in [7, 11) is 4.19. The molecule has 1 aromatic rings. The summed E-state index contributed by atoms with van der Waals surface area (Å²) in [6.07, 6.45) is 31.2. The second-order valence-electron chi connectivity index (χ2n) is 52.0. The van der Waals surface area contributed by atoms with E-state index in [1.165, 1.54) is 95.2 Å². The molecule has 0 bridgehead atoms. The van der Waals surface area contributed by atoms with Crippen molar-refractivity contribution in [3.8, 4) is 0 Å². The molecule has 0 radical (unpaired) electrons. The zero-order valence-electron chi connectivity index (χ0n) is 96.3. The minimum absolute atomic E-state index is 0.0575. The van der Waals surface area contributed by atoms with Crippen LogP contribution in [0.25, 0.3) is 0 Å². The Bertz CT molecular complexity index is 4090. The van der Waals surface area contributed by atoms with E-state index in [1.54, 1.807) is 0 Å². The van der Waals surface area contributed by atoms with Crippen LogP contribution in [-0.4, -0.2) is 462 Å². The highest BCUT2D eigenvalue weighted by atomic mass is 32.2. The number of thioether (sulfide) groups is 1. The number of carbonyl (C=O) groups is 9. The number of fused-ring (bicyclic) bond motifs is 1. The standard InChI is InChI=1S/C20H37N3O2.2C18H33N3O2.C17H31N3O3.C16H26N4O.C15H28N2OS.C11H19NO/c1-20(2,3)16-19(24)23-8-4-17(5-9-23)21-10-12-22(13-11-21)18-6-14-25-15-7-18;1-18(2,3)12-17(22)21-6-4-15(5-7-21)19-8-10-20(11-9-19)16-13-23-14-16;1-18(2,3)14-17(23)21-12-6-15(7-13-21)19(4)11-8-16(22)20-9-5-10-20;1-14(2)12-16(21)19-6-4-15(5-7-19)23-13-17(22)20-10-8-18(3)9-11-20;1-13(2)9-16(21)18-5-3-14(4-6-18)19-7-8-20-12-17-10-15(20)11-19;1-15(2,3)12-14(18)17-8-6-16(7-9-17)13-4-10-19-11-5-13;1-11(2,3)9-10(13)12-7-5-4-6-8-12/h17-18H,4-16H2,1-3H3;15-16H,4-14H2,1-3H3;15H,5-14H2,1-4H3;14-15H,4-13H2,1-3H3;10,12-14H,3-9,11H2,1-2H3;13H,4-12H2,1-3H3;4-5H,6-9H2,1-3H3. The minimum Gasteiger partial charge on any atom is -0.381 e. The van der Waals surface area contributed by atoms with Gasteiger partial charge in [-0.2, -0.15) is 11.8 Å². The van der Waals surface area contributed by atoms with Gasteiger partial charge in [0.05, 0.1) is 37.4 Å². The molecule has 0 aliphatic carbocycles. The third-order valence-corrected chi connectivity index (χ3v) is 33.2. The van der Waals surface area contributed by atoms with Crippen molar-refractivity contribution in [1.82, 2.24) is 92.8 Å². The number of hydrogen-bond donors (Lipinski definition) is 0. The number of hydrogen-bond acceptors (Lipinski definition) is 22. The molecule has 9 amide bonds. The van der Waals surface area contributed by atoms with E-state index in [9.17, 15) is 43.2 Å². The Hall–Kier alpha value is -5.91. The fourth-order valence-corrected chi connectivity index (χ4v) is 23.8. The molecule has 15 aliphatic heterocycles. The summed E-state index contributed by atoms with van der Waals surface area (Å²) >= 11 is 2.08. The average Bonchev–Trinajstić information content (AvgIpc) is 1.67. The highest BCUT2D eigenvalue weighted by Gasteiger charge is 2.40. The van der Waals surface area contributed by atoms with Gasteiger partial charge in [0.15, 0.2) is 0 Å². The maximum Gasteiger partial charge on any atom is 0.248 e. The number of ether oxygens (including phenoxy) is 3. The van der Waals surface area contributed by atoms with Crippen LogP contribution in [-0.2, 0) is 70.5 Å². The molecule has 0 spiro atoms. The molecule has 0 unspecified atom stereocenters. The van der Waals surface area contributed by atoms with Crippen molar-refractivity contribution < 1.29 is 57.4 Å². The monoisotopic (exact) mass is 2080 g/mol. The first-order chi connectivity index (χ1) is 69.6. The number of nitrogens with zero attached hydrogens (tertiary/aromatic N) is 19. The number of rotatable bonds is 22. The van der Waals surface area contributed by atoms with Gasteiger partial charge in [-0.3, -0.25) is 72.6 Å². The number of amides is 9.